The topological polar surface area (TPSA) is 69.6 Å². The van der Waals surface area contributed by atoms with Crippen molar-refractivity contribution in [3.05, 3.63) is 5.82 Å². The van der Waals surface area contributed by atoms with Crippen molar-refractivity contribution in [3.8, 4) is 0 Å². The van der Waals surface area contributed by atoms with Crippen LogP contribution in [-0.4, -0.2) is 26.8 Å². The molecule has 2 saturated carbocycles. The molecule has 0 radical (unpaired) electrons. The van der Waals surface area contributed by atoms with Crippen LogP contribution in [0.5, 0.6) is 0 Å². The number of hydrogen-bond acceptors (Lipinski definition) is 4. The van der Waals surface area contributed by atoms with Crippen LogP contribution in [0.2, 0.25) is 0 Å². The van der Waals surface area contributed by atoms with E-state index >= 15 is 0 Å². The lowest BCUT2D eigenvalue weighted by Crippen LogP contribution is -2.17. The Morgan fingerprint density at radius 2 is 2.25 bits per heavy atom. The first-order valence-electron chi connectivity index (χ1n) is 6.34. The number of tetrazole rings is 1. The average Bonchev–Trinajstić information content (AvgIpc) is 3.01. The van der Waals surface area contributed by atoms with E-state index < -0.39 is 0 Å². The second-order valence-corrected chi connectivity index (χ2v) is 5.18. The Labute approximate surface area is 95.4 Å². The summed E-state index contributed by atoms with van der Waals surface area (Å²) in [6.07, 6.45) is 6.45. The maximum absolute atomic E-state index is 5.53. The highest BCUT2D eigenvalue weighted by molar-refractivity contribution is 5.05. The molecule has 3 atom stereocenters. The van der Waals surface area contributed by atoms with Crippen molar-refractivity contribution < 1.29 is 0 Å². The molecule has 0 aromatic carbocycles. The molecule has 5 nitrogen and oxygen atoms in total. The maximum atomic E-state index is 5.53. The lowest BCUT2D eigenvalue weighted by Gasteiger charge is -2.20. The van der Waals surface area contributed by atoms with Gasteiger partial charge in [0.25, 0.3) is 0 Å². The van der Waals surface area contributed by atoms with E-state index in [2.05, 4.69) is 15.5 Å². The Balaban J connectivity index is 1.76. The van der Waals surface area contributed by atoms with Crippen molar-refractivity contribution in [2.24, 2.45) is 17.6 Å². The van der Waals surface area contributed by atoms with Gasteiger partial charge in [0.1, 0.15) is 0 Å². The second-order valence-electron chi connectivity index (χ2n) is 5.18. The summed E-state index contributed by atoms with van der Waals surface area (Å²) in [6, 6.07) is 0. The van der Waals surface area contributed by atoms with Crippen LogP contribution in [0.4, 0.5) is 0 Å². The molecule has 2 bridgehead atoms. The molecule has 0 spiro atoms. The highest BCUT2D eigenvalue weighted by Gasteiger charge is 2.42. The van der Waals surface area contributed by atoms with Gasteiger partial charge in [-0.15, -0.1) is 5.10 Å². The Morgan fingerprint density at radius 3 is 2.94 bits per heavy atom. The lowest BCUT2D eigenvalue weighted by atomic mass is 9.88. The van der Waals surface area contributed by atoms with Crippen molar-refractivity contribution in [3.63, 3.8) is 0 Å². The van der Waals surface area contributed by atoms with Gasteiger partial charge < -0.3 is 5.73 Å². The minimum atomic E-state index is 0.617. The van der Waals surface area contributed by atoms with Crippen LogP contribution in [0.1, 0.15) is 43.8 Å². The molecular formula is C11H19N5. The maximum Gasteiger partial charge on any atom is 0.154 e. The molecule has 2 N–H and O–H groups in total. The number of rotatable bonds is 4. The molecule has 3 unspecified atom stereocenters. The first kappa shape index (κ1) is 10.2. The zero-order valence-electron chi connectivity index (χ0n) is 9.55. The minimum absolute atomic E-state index is 0.617. The van der Waals surface area contributed by atoms with E-state index in [-0.39, 0.29) is 0 Å². The highest BCUT2D eigenvalue weighted by atomic mass is 15.5. The summed E-state index contributed by atoms with van der Waals surface area (Å²) in [4.78, 5) is 0. The Kier molecular flexibility index (Phi) is 2.63. The van der Waals surface area contributed by atoms with Gasteiger partial charge in [0.05, 0.1) is 0 Å². The van der Waals surface area contributed by atoms with Gasteiger partial charge in [-0.3, -0.25) is 0 Å². The van der Waals surface area contributed by atoms with Gasteiger partial charge in [0.2, 0.25) is 0 Å². The zero-order chi connectivity index (χ0) is 11.0. The zero-order valence-corrected chi connectivity index (χ0v) is 9.55. The van der Waals surface area contributed by atoms with Crippen LogP contribution in [0, 0.1) is 11.8 Å². The number of nitrogens with zero attached hydrogens (tertiary/aromatic N) is 4. The summed E-state index contributed by atoms with van der Waals surface area (Å²) in [5.74, 6) is 3.51. The number of fused-ring (bicyclic) bond motifs is 2. The fourth-order valence-electron chi connectivity index (χ4n) is 3.44. The second kappa shape index (κ2) is 4.13. The summed E-state index contributed by atoms with van der Waals surface area (Å²) in [5.41, 5.74) is 5.53. The quantitative estimate of drug-likeness (QED) is 0.821. The van der Waals surface area contributed by atoms with Gasteiger partial charge in [-0.05, 0) is 54.5 Å². The lowest BCUT2D eigenvalue weighted by molar-refractivity contribution is 0.384. The van der Waals surface area contributed by atoms with Crippen molar-refractivity contribution in [2.45, 2.75) is 44.6 Å². The monoisotopic (exact) mass is 221 g/mol. The third-order valence-corrected chi connectivity index (χ3v) is 4.20. The summed E-state index contributed by atoms with van der Waals surface area (Å²) in [5, 5.41) is 12.1. The first-order chi connectivity index (χ1) is 7.88. The van der Waals surface area contributed by atoms with Gasteiger partial charge in [-0.1, -0.05) is 6.42 Å². The fraction of sp³-hybridized carbons (Fsp3) is 0.909. The Bertz CT molecular complexity index is 361. The van der Waals surface area contributed by atoms with E-state index in [0.29, 0.717) is 12.5 Å². The van der Waals surface area contributed by atoms with E-state index in [1.807, 2.05) is 4.68 Å². The Morgan fingerprint density at radius 1 is 1.31 bits per heavy atom. The van der Waals surface area contributed by atoms with Gasteiger partial charge in [0.15, 0.2) is 5.82 Å². The summed E-state index contributed by atoms with van der Waals surface area (Å²) in [7, 11) is 0. The van der Waals surface area contributed by atoms with Crippen LogP contribution in [-0.2, 0) is 6.54 Å². The summed E-state index contributed by atoms with van der Waals surface area (Å²) < 4.78 is 1.97. The normalized spacial score (nSPS) is 32.4. The molecule has 1 heterocycles. The van der Waals surface area contributed by atoms with E-state index in [1.54, 1.807) is 0 Å². The van der Waals surface area contributed by atoms with Crippen LogP contribution in [0.3, 0.4) is 0 Å². The van der Waals surface area contributed by atoms with Crippen molar-refractivity contribution in [2.75, 3.05) is 6.54 Å². The van der Waals surface area contributed by atoms with Crippen LogP contribution in [0.15, 0.2) is 0 Å². The smallest absolute Gasteiger partial charge is 0.154 e. The molecule has 88 valence electrons. The molecule has 1 aromatic rings. The molecule has 0 saturated heterocycles. The predicted octanol–water partition coefficient (Wildman–Crippen LogP) is 0.925. The average molecular weight is 221 g/mol. The number of aromatic nitrogens is 4. The van der Waals surface area contributed by atoms with Crippen LogP contribution in [0.25, 0.3) is 0 Å². The van der Waals surface area contributed by atoms with E-state index in [4.69, 9.17) is 5.73 Å². The molecule has 0 aliphatic heterocycles. The van der Waals surface area contributed by atoms with Crippen molar-refractivity contribution in [1.29, 1.82) is 0 Å². The summed E-state index contributed by atoms with van der Waals surface area (Å²) in [6.45, 7) is 1.57. The van der Waals surface area contributed by atoms with Gasteiger partial charge in [-0.25, -0.2) is 4.68 Å². The minimum Gasteiger partial charge on any atom is -0.330 e. The molecule has 2 aliphatic carbocycles. The first-order valence-corrected chi connectivity index (χ1v) is 6.34. The third kappa shape index (κ3) is 1.63. The number of aryl methyl sites for hydroxylation is 1. The highest BCUT2D eigenvalue weighted by Crippen LogP contribution is 2.52. The standard InChI is InChI=1S/C11H19N5/c12-4-1-5-16-11(13-14-15-16)10-7-8-2-3-9(10)6-8/h8-10H,1-7,12H2. The molecule has 1 aromatic heterocycles. The molecule has 16 heavy (non-hydrogen) atoms. The van der Waals surface area contributed by atoms with Gasteiger partial charge in [-0.2, -0.15) is 0 Å². The SMILES string of the molecule is NCCCn1nnnc1C1CC2CCC1C2. The molecule has 3 rings (SSSR count). The summed E-state index contributed by atoms with van der Waals surface area (Å²) >= 11 is 0. The van der Waals surface area contributed by atoms with Crippen LogP contribution >= 0.6 is 0 Å². The predicted molar refractivity (Wildman–Crippen MR) is 59.7 cm³/mol. The van der Waals surface area contributed by atoms with E-state index in [0.717, 1.165) is 30.6 Å². The van der Waals surface area contributed by atoms with Crippen molar-refractivity contribution in [1.82, 2.24) is 20.2 Å². The van der Waals surface area contributed by atoms with E-state index in [1.165, 1.54) is 25.7 Å². The fourth-order valence-corrected chi connectivity index (χ4v) is 3.44. The molecule has 5 heteroatoms. The third-order valence-electron chi connectivity index (χ3n) is 4.20. The molecule has 2 fully saturated rings. The molecule has 2 aliphatic rings. The largest absolute Gasteiger partial charge is 0.330 e. The van der Waals surface area contributed by atoms with Crippen molar-refractivity contribution >= 4 is 0 Å². The molecular weight excluding hydrogens is 202 g/mol. The number of hydrogen-bond donors (Lipinski definition) is 1. The van der Waals surface area contributed by atoms with Gasteiger partial charge in [0, 0.05) is 12.5 Å². The Hall–Kier alpha value is -0.970. The van der Waals surface area contributed by atoms with Crippen LogP contribution < -0.4 is 5.73 Å². The van der Waals surface area contributed by atoms with E-state index in [9.17, 15) is 0 Å². The number of nitrogens with two attached hydrogens (primary N) is 1. The molecule has 0 amide bonds. The van der Waals surface area contributed by atoms with Gasteiger partial charge >= 0.3 is 0 Å².